The van der Waals surface area contributed by atoms with Gasteiger partial charge in [0.15, 0.2) is 0 Å². The molecule has 80 valence electrons. The third-order valence-electron chi connectivity index (χ3n) is 1.95. The summed E-state index contributed by atoms with van der Waals surface area (Å²) in [4.78, 5) is 8.23. The average Bonchev–Trinajstić information content (AvgIpc) is 2.65. The Labute approximate surface area is 87.3 Å². The first kappa shape index (κ1) is 9.85. The molecule has 0 amide bonds. The van der Waals surface area contributed by atoms with Gasteiger partial charge in [-0.1, -0.05) is 0 Å². The second-order valence-electron chi connectivity index (χ2n) is 3.16. The van der Waals surface area contributed by atoms with Crippen LogP contribution in [0.15, 0.2) is 12.4 Å². The van der Waals surface area contributed by atoms with Gasteiger partial charge in [0.2, 0.25) is 5.88 Å². The molecule has 6 nitrogen and oxygen atoms in total. The van der Waals surface area contributed by atoms with Gasteiger partial charge in [-0.05, 0) is 14.0 Å². The predicted molar refractivity (Wildman–Crippen MR) is 54.9 cm³/mol. The molecule has 2 rings (SSSR count). The zero-order chi connectivity index (χ0) is 10.7. The highest BCUT2D eigenvalue weighted by atomic mass is 16.5. The Morgan fingerprint density at radius 1 is 1.53 bits per heavy atom. The summed E-state index contributed by atoms with van der Waals surface area (Å²) >= 11 is 0. The molecule has 0 saturated heterocycles. The van der Waals surface area contributed by atoms with E-state index in [1.165, 1.54) is 6.33 Å². The molecule has 0 unspecified atom stereocenters. The van der Waals surface area contributed by atoms with Gasteiger partial charge < -0.3 is 10.1 Å². The molecule has 6 heteroatoms. The second-order valence-corrected chi connectivity index (χ2v) is 3.16. The number of fused-ring (bicyclic) bond motifs is 1. The summed E-state index contributed by atoms with van der Waals surface area (Å²) in [5, 5.41) is 7.04. The van der Waals surface area contributed by atoms with Crippen molar-refractivity contribution in [2.75, 3.05) is 20.2 Å². The Morgan fingerprint density at radius 2 is 2.40 bits per heavy atom. The Balaban J connectivity index is 2.27. The quantitative estimate of drug-likeness (QED) is 0.717. The largest absolute Gasteiger partial charge is 0.476 e. The average molecular weight is 207 g/mol. The van der Waals surface area contributed by atoms with Gasteiger partial charge >= 0.3 is 0 Å². The molecule has 0 atom stereocenters. The Morgan fingerprint density at radius 3 is 3.20 bits per heavy atom. The van der Waals surface area contributed by atoms with Crippen molar-refractivity contribution in [3.63, 3.8) is 0 Å². The van der Waals surface area contributed by atoms with Crippen molar-refractivity contribution in [1.82, 2.24) is 24.9 Å². The molecule has 2 heterocycles. The lowest BCUT2D eigenvalue weighted by atomic mass is 10.4. The molecular formula is C9H13N5O. The standard InChI is InChI=1S/C9H13N5O/c1-7-5-8(15-4-3-10-2)14-9(13-7)11-6-12-14/h5-6,10H,3-4H2,1-2H3. The van der Waals surface area contributed by atoms with Crippen LogP contribution < -0.4 is 10.1 Å². The highest BCUT2D eigenvalue weighted by molar-refractivity contribution is 5.32. The van der Waals surface area contributed by atoms with Crippen LogP contribution in [0.25, 0.3) is 5.78 Å². The lowest BCUT2D eigenvalue weighted by molar-refractivity contribution is 0.298. The Hall–Kier alpha value is -1.69. The minimum Gasteiger partial charge on any atom is -0.476 e. The molecular weight excluding hydrogens is 194 g/mol. The number of nitrogens with zero attached hydrogens (tertiary/aromatic N) is 4. The maximum atomic E-state index is 5.56. The van der Waals surface area contributed by atoms with Gasteiger partial charge in [-0.2, -0.15) is 14.6 Å². The molecule has 0 aliphatic rings. The molecule has 15 heavy (non-hydrogen) atoms. The number of nitrogens with one attached hydrogen (secondary N) is 1. The van der Waals surface area contributed by atoms with E-state index in [9.17, 15) is 0 Å². The van der Waals surface area contributed by atoms with Crippen molar-refractivity contribution in [2.24, 2.45) is 0 Å². The highest BCUT2D eigenvalue weighted by Crippen LogP contribution is 2.12. The van der Waals surface area contributed by atoms with Crippen LogP contribution in [0.5, 0.6) is 5.88 Å². The molecule has 0 spiro atoms. The minimum atomic E-state index is 0.564. The van der Waals surface area contributed by atoms with Gasteiger partial charge in [-0.25, -0.2) is 4.98 Å². The monoisotopic (exact) mass is 207 g/mol. The van der Waals surface area contributed by atoms with Crippen molar-refractivity contribution in [3.8, 4) is 5.88 Å². The van der Waals surface area contributed by atoms with Crippen LogP contribution in [-0.4, -0.2) is 39.8 Å². The van der Waals surface area contributed by atoms with Crippen LogP contribution in [0.2, 0.25) is 0 Å². The van der Waals surface area contributed by atoms with E-state index in [-0.39, 0.29) is 0 Å². The molecule has 2 aromatic rings. The number of ether oxygens (including phenoxy) is 1. The van der Waals surface area contributed by atoms with Gasteiger partial charge in [0, 0.05) is 18.3 Å². The molecule has 1 N–H and O–H groups in total. The molecule has 0 aliphatic carbocycles. The van der Waals surface area contributed by atoms with Crippen LogP contribution >= 0.6 is 0 Å². The van der Waals surface area contributed by atoms with Gasteiger partial charge in [0.1, 0.15) is 12.9 Å². The van der Waals surface area contributed by atoms with E-state index >= 15 is 0 Å². The SMILES string of the molecule is CNCCOc1cc(C)nc2ncnn12. The van der Waals surface area contributed by atoms with E-state index in [1.54, 1.807) is 4.52 Å². The highest BCUT2D eigenvalue weighted by Gasteiger charge is 2.05. The Kier molecular flexibility index (Phi) is 2.77. The van der Waals surface area contributed by atoms with Crippen LogP contribution in [-0.2, 0) is 0 Å². The summed E-state index contributed by atoms with van der Waals surface area (Å²) in [6.07, 6.45) is 1.46. The van der Waals surface area contributed by atoms with Gasteiger partial charge in [-0.15, -0.1) is 0 Å². The van der Waals surface area contributed by atoms with Crippen LogP contribution in [0.1, 0.15) is 5.69 Å². The lowest BCUT2D eigenvalue weighted by Crippen LogP contribution is -2.17. The molecule has 0 saturated carbocycles. The third kappa shape index (κ3) is 2.04. The summed E-state index contributed by atoms with van der Waals surface area (Å²) < 4.78 is 7.14. The normalized spacial score (nSPS) is 10.8. The van der Waals surface area contributed by atoms with Crippen LogP contribution in [0.4, 0.5) is 0 Å². The van der Waals surface area contributed by atoms with Gasteiger partial charge in [0.05, 0.1) is 0 Å². The maximum Gasteiger partial charge on any atom is 0.255 e. The number of hydrogen-bond acceptors (Lipinski definition) is 5. The summed E-state index contributed by atoms with van der Waals surface area (Å²) in [7, 11) is 1.88. The fourth-order valence-electron chi connectivity index (χ4n) is 1.26. The molecule has 2 aromatic heterocycles. The van der Waals surface area contributed by atoms with E-state index in [1.807, 2.05) is 20.0 Å². The summed E-state index contributed by atoms with van der Waals surface area (Å²) in [6.45, 7) is 3.28. The van der Waals surface area contributed by atoms with Gasteiger partial charge in [0.25, 0.3) is 5.78 Å². The molecule has 0 fully saturated rings. The van der Waals surface area contributed by atoms with Crippen LogP contribution in [0.3, 0.4) is 0 Å². The van der Waals surface area contributed by atoms with Crippen molar-refractivity contribution in [3.05, 3.63) is 18.1 Å². The minimum absolute atomic E-state index is 0.564. The summed E-state index contributed by atoms with van der Waals surface area (Å²) in [5.74, 6) is 1.24. The first-order chi connectivity index (χ1) is 7.31. The van der Waals surface area contributed by atoms with Crippen molar-refractivity contribution in [1.29, 1.82) is 0 Å². The smallest absolute Gasteiger partial charge is 0.255 e. The lowest BCUT2D eigenvalue weighted by Gasteiger charge is -2.07. The van der Waals surface area contributed by atoms with Crippen molar-refractivity contribution < 1.29 is 4.74 Å². The summed E-state index contributed by atoms with van der Waals surface area (Å²) in [5.41, 5.74) is 0.870. The van der Waals surface area contributed by atoms with E-state index in [0.29, 0.717) is 18.3 Å². The van der Waals surface area contributed by atoms with E-state index in [2.05, 4.69) is 20.4 Å². The van der Waals surface area contributed by atoms with Crippen molar-refractivity contribution in [2.45, 2.75) is 6.92 Å². The molecule has 0 aromatic carbocycles. The fraction of sp³-hybridized carbons (Fsp3) is 0.444. The third-order valence-corrected chi connectivity index (χ3v) is 1.95. The summed E-state index contributed by atoms with van der Waals surface area (Å²) in [6, 6.07) is 1.84. The molecule has 0 radical (unpaired) electrons. The van der Waals surface area contributed by atoms with Gasteiger partial charge in [-0.3, -0.25) is 0 Å². The maximum absolute atomic E-state index is 5.56. The zero-order valence-corrected chi connectivity index (χ0v) is 8.77. The number of aromatic nitrogens is 4. The zero-order valence-electron chi connectivity index (χ0n) is 8.77. The number of likely N-dealkylation sites (N-methyl/N-ethyl adjacent to an activating group) is 1. The topological polar surface area (TPSA) is 64.3 Å². The van der Waals surface area contributed by atoms with Crippen molar-refractivity contribution >= 4 is 5.78 Å². The molecule has 0 bridgehead atoms. The Bertz CT molecular complexity index is 453. The first-order valence-electron chi connectivity index (χ1n) is 4.76. The van der Waals surface area contributed by atoms with Crippen LogP contribution in [0, 0.1) is 6.92 Å². The number of rotatable bonds is 4. The van der Waals surface area contributed by atoms with E-state index < -0.39 is 0 Å². The first-order valence-corrected chi connectivity index (χ1v) is 4.76. The van der Waals surface area contributed by atoms with E-state index in [4.69, 9.17) is 4.74 Å². The number of aryl methyl sites for hydroxylation is 1. The predicted octanol–water partition coefficient (Wildman–Crippen LogP) is 0.0309. The van der Waals surface area contributed by atoms with E-state index in [0.717, 1.165) is 12.2 Å². The molecule has 0 aliphatic heterocycles. The fourth-order valence-corrected chi connectivity index (χ4v) is 1.26. The second kappa shape index (κ2) is 4.22. The number of hydrogen-bond donors (Lipinski definition) is 1.